The van der Waals surface area contributed by atoms with Gasteiger partial charge in [-0.05, 0) is 131 Å². The van der Waals surface area contributed by atoms with Crippen molar-refractivity contribution < 1.29 is 33.7 Å². The summed E-state index contributed by atoms with van der Waals surface area (Å²) in [5.41, 5.74) is 23.4. The highest BCUT2D eigenvalue weighted by molar-refractivity contribution is 7.13. The molecule has 6 aliphatic rings. The summed E-state index contributed by atoms with van der Waals surface area (Å²) in [7, 11) is 0. The van der Waals surface area contributed by atoms with Gasteiger partial charge < -0.3 is 62.4 Å². The second kappa shape index (κ2) is 22.1. The van der Waals surface area contributed by atoms with E-state index in [1.165, 1.54) is 10.5 Å². The number of piperidine rings is 1. The second-order valence-electron chi connectivity index (χ2n) is 23.3. The Morgan fingerprint density at radius 3 is 2.22 bits per heavy atom. The number of aliphatic hydroxyl groups excluding tert-OH is 1. The van der Waals surface area contributed by atoms with Gasteiger partial charge >= 0.3 is 0 Å². The lowest BCUT2D eigenvalue weighted by molar-refractivity contribution is -0.145. The van der Waals surface area contributed by atoms with Crippen LogP contribution in [0, 0.1) is 12.3 Å². The first-order valence-corrected chi connectivity index (χ1v) is 28.3. The Kier molecular flexibility index (Phi) is 15.5. The molecule has 2 bridgehead atoms. The summed E-state index contributed by atoms with van der Waals surface area (Å²) in [5, 5.41) is 26.8. The number of thiazole rings is 1. The molecule has 18 nitrogen and oxygen atoms in total. The van der Waals surface area contributed by atoms with Crippen LogP contribution in [0.2, 0.25) is 0 Å². The SMILES string of the molecule is Cc1ncsc1-c1ccc(CNC(=O)[C@@H]2C[C@@H](O)CN2C(=O)[C@@H](NC(=O)C2(F)CC2)C(C)(C)C)c(OC2CCC(N3CCC(c4cnc(N5C6CCC5CN(C(/C=C(\N)c5ccccc5O)=C(N)N)C6)nc4)CC3)CC2)c1. The fourth-order valence-electron chi connectivity index (χ4n) is 12.3. The molecule has 2 aromatic carbocycles. The van der Waals surface area contributed by atoms with E-state index < -0.39 is 47.0 Å². The quantitative estimate of drug-likeness (QED) is 0.0723. The number of amides is 3. The number of nitrogens with two attached hydrogens (primary N) is 3. The maximum atomic E-state index is 14.7. The number of fused-ring (bicyclic) bond motifs is 2. The lowest BCUT2D eigenvalue weighted by atomic mass is 9.85. The number of para-hydroxylation sites is 1. The number of carbonyl (C=O) groups excluding carboxylic acids is 3. The fourth-order valence-corrected chi connectivity index (χ4v) is 13.1. The van der Waals surface area contributed by atoms with E-state index in [4.69, 9.17) is 31.9 Å². The summed E-state index contributed by atoms with van der Waals surface area (Å²) in [6.45, 7) is 10.8. The van der Waals surface area contributed by atoms with Crippen LogP contribution < -0.4 is 37.5 Å². The smallest absolute Gasteiger partial charge is 0.258 e. The molecular weight excluding hydrogens is 1000 g/mol. The fraction of sp³-hybridized carbons (Fsp3) is 0.544. The summed E-state index contributed by atoms with van der Waals surface area (Å²) in [5.74, 6) is 0.323. The highest BCUT2D eigenvalue weighted by Gasteiger charge is 2.53. The second-order valence-corrected chi connectivity index (χ2v) is 24.1. The van der Waals surface area contributed by atoms with Gasteiger partial charge in [0.2, 0.25) is 17.8 Å². The zero-order chi connectivity index (χ0) is 54.3. The molecule has 2 unspecified atom stereocenters. The lowest BCUT2D eigenvalue weighted by Crippen LogP contribution is -2.59. The molecule has 0 radical (unpaired) electrons. The van der Waals surface area contributed by atoms with E-state index in [0.717, 1.165) is 92.1 Å². The molecule has 4 saturated heterocycles. The van der Waals surface area contributed by atoms with Crippen LogP contribution in [-0.2, 0) is 20.9 Å². The van der Waals surface area contributed by atoms with Gasteiger partial charge in [-0.3, -0.25) is 14.4 Å². The minimum atomic E-state index is -1.97. The van der Waals surface area contributed by atoms with E-state index in [1.807, 2.05) is 49.1 Å². The molecule has 10 rings (SSSR count). The van der Waals surface area contributed by atoms with Crippen LogP contribution in [0.1, 0.15) is 120 Å². The number of likely N-dealkylation sites (tertiary alicyclic amines) is 3. The minimum absolute atomic E-state index is 0.0188. The number of rotatable bonds is 15. The standard InChI is InChI=1S/C57H75FN12O6S/c1-33-49(77-32-65-33)35-9-10-36(26-62-52(73)46-24-41(71)31-69(46)53(74)50(56(2,3)4)66-54(75)57(58)19-20-57)48(23-35)76-42-15-13-38(14-16-42)67-21-17-34(18-22-67)37-27-63-55(64-28-37)70-39-11-12-40(70)30-68(29-39)45(51(60)61)25-44(59)43-7-5-6-8-47(43)72/h5-10,23,25,27-28,32,34,38-42,46,50,71-72H,11-22,24,26,29-31,59-61H2,1-4H3,(H,62,73)(H,66,75)/b44-25-/t38?,39?,40?,41-,42?,46+,50-/m1/s1. The molecule has 2 aromatic heterocycles. The number of alkyl halides is 1. The third-order valence-electron chi connectivity index (χ3n) is 16.8. The number of phenols is 1. The topological polar surface area (TPSA) is 255 Å². The first-order chi connectivity index (χ1) is 36.8. The van der Waals surface area contributed by atoms with E-state index in [9.17, 15) is 29.0 Å². The number of piperazine rings is 1. The van der Waals surface area contributed by atoms with Crippen LogP contribution in [0.5, 0.6) is 11.5 Å². The molecule has 6 heterocycles. The number of carbonyl (C=O) groups is 3. The Labute approximate surface area is 454 Å². The molecule has 4 aliphatic heterocycles. The number of ether oxygens (including phenoxy) is 1. The van der Waals surface area contributed by atoms with E-state index in [0.29, 0.717) is 47.8 Å². The molecular formula is C57H75FN12O6S. The summed E-state index contributed by atoms with van der Waals surface area (Å²) in [6.07, 6.45) is 13.0. The van der Waals surface area contributed by atoms with Crippen molar-refractivity contribution in [2.45, 2.75) is 159 Å². The third kappa shape index (κ3) is 11.7. The number of nitrogens with one attached hydrogen (secondary N) is 2. The first-order valence-electron chi connectivity index (χ1n) is 27.4. The Morgan fingerprint density at radius 1 is 0.922 bits per heavy atom. The number of halogens is 1. The Bertz CT molecular complexity index is 2850. The molecule has 6 fully saturated rings. The molecule has 2 aliphatic carbocycles. The number of aromatic hydroxyl groups is 1. The average Bonchev–Trinajstić information content (AvgIpc) is 3.67. The van der Waals surface area contributed by atoms with Crippen molar-refractivity contribution >= 4 is 40.7 Å². The van der Waals surface area contributed by atoms with Crippen LogP contribution >= 0.6 is 11.3 Å². The molecule has 4 aromatic rings. The van der Waals surface area contributed by atoms with Crippen molar-refractivity contribution in [3.63, 3.8) is 0 Å². The van der Waals surface area contributed by atoms with Gasteiger partial charge in [0.25, 0.3) is 5.91 Å². The lowest BCUT2D eigenvalue weighted by Gasteiger charge is -2.43. The van der Waals surface area contributed by atoms with Crippen molar-refractivity contribution in [2.24, 2.45) is 22.6 Å². The van der Waals surface area contributed by atoms with Gasteiger partial charge in [0.15, 0.2) is 5.67 Å². The molecule has 77 heavy (non-hydrogen) atoms. The van der Waals surface area contributed by atoms with E-state index in [1.54, 1.807) is 56.4 Å². The van der Waals surface area contributed by atoms with E-state index in [2.05, 4.69) is 30.3 Å². The van der Waals surface area contributed by atoms with Crippen molar-refractivity contribution in [1.29, 1.82) is 0 Å². The monoisotopic (exact) mass is 1070 g/mol. The number of anilines is 1. The Hall–Kier alpha value is -6.51. The number of aryl methyl sites for hydroxylation is 1. The van der Waals surface area contributed by atoms with Crippen LogP contribution in [0.4, 0.5) is 10.3 Å². The van der Waals surface area contributed by atoms with Crippen LogP contribution in [0.3, 0.4) is 0 Å². The molecule has 412 valence electrons. The van der Waals surface area contributed by atoms with Crippen molar-refractivity contribution in [1.82, 2.24) is 40.3 Å². The first kappa shape index (κ1) is 53.9. The third-order valence-corrected chi connectivity index (χ3v) is 17.8. The predicted octanol–water partition coefficient (Wildman–Crippen LogP) is 5.53. The highest BCUT2D eigenvalue weighted by Crippen LogP contribution is 2.42. The largest absolute Gasteiger partial charge is 0.507 e. The summed E-state index contributed by atoms with van der Waals surface area (Å²) < 4.78 is 21.6. The molecule has 5 atom stereocenters. The number of phenolic OH excluding ortho intramolecular Hbond substituents is 1. The maximum Gasteiger partial charge on any atom is 0.258 e. The molecule has 20 heteroatoms. The number of allylic oxidation sites excluding steroid dienone is 1. The molecule has 3 amide bonds. The molecule has 0 spiro atoms. The van der Waals surface area contributed by atoms with Gasteiger partial charge in [-0.2, -0.15) is 0 Å². The maximum absolute atomic E-state index is 14.7. The number of hydrogen-bond donors (Lipinski definition) is 7. The zero-order valence-corrected chi connectivity index (χ0v) is 45.5. The van der Waals surface area contributed by atoms with Crippen LogP contribution in [-0.4, -0.2) is 138 Å². The Morgan fingerprint density at radius 2 is 1.60 bits per heavy atom. The highest BCUT2D eigenvalue weighted by atomic mass is 32.1. The number of β-amino-alcohol motifs (C(OH)–C–C–N with tert-alkyl or cyclic N) is 1. The van der Waals surface area contributed by atoms with Gasteiger partial charge in [0.1, 0.15) is 29.4 Å². The van der Waals surface area contributed by atoms with Gasteiger partial charge in [0.05, 0.1) is 34.0 Å². The van der Waals surface area contributed by atoms with E-state index in [-0.39, 0.29) is 62.1 Å². The zero-order valence-electron chi connectivity index (χ0n) is 44.7. The molecule has 10 N–H and O–H groups in total. The van der Waals surface area contributed by atoms with Gasteiger partial charge in [-0.15, -0.1) is 11.3 Å². The van der Waals surface area contributed by atoms with Gasteiger partial charge in [-0.1, -0.05) is 45.0 Å². The number of hydrogen-bond acceptors (Lipinski definition) is 16. The number of aromatic nitrogens is 3. The van der Waals surface area contributed by atoms with Gasteiger partial charge in [0, 0.05) is 79.9 Å². The van der Waals surface area contributed by atoms with E-state index >= 15 is 0 Å². The van der Waals surface area contributed by atoms with Gasteiger partial charge in [-0.25, -0.2) is 19.3 Å². The molecule has 2 saturated carbocycles. The number of benzene rings is 2. The van der Waals surface area contributed by atoms with Crippen LogP contribution in [0.25, 0.3) is 16.1 Å². The van der Waals surface area contributed by atoms with Crippen molar-refractivity contribution in [3.8, 4) is 21.9 Å². The summed E-state index contributed by atoms with van der Waals surface area (Å²) >= 11 is 1.56. The average molecular weight is 1080 g/mol. The summed E-state index contributed by atoms with van der Waals surface area (Å²) in [6, 6.07) is 11.7. The number of nitrogens with zero attached hydrogens (tertiary/aromatic N) is 7. The van der Waals surface area contributed by atoms with Crippen molar-refractivity contribution in [2.75, 3.05) is 37.6 Å². The summed E-state index contributed by atoms with van der Waals surface area (Å²) in [4.78, 5) is 64.8. The normalized spacial score (nSPS) is 25.1. The van der Waals surface area contributed by atoms with Crippen molar-refractivity contribution in [3.05, 3.63) is 100 Å². The predicted molar refractivity (Wildman–Crippen MR) is 294 cm³/mol. The minimum Gasteiger partial charge on any atom is -0.507 e. The van der Waals surface area contributed by atoms with Crippen LogP contribution in [0.15, 0.2) is 78.0 Å². The Balaban J connectivity index is 0.727. The number of aliphatic hydroxyl groups is 1.